The minimum absolute atomic E-state index is 0.0474. The minimum Gasteiger partial charge on any atom is -0.352 e. The summed E-state index contributed by atoms with van der Waals surface area (Å²) in [6.45, 7) is 1.45. The van der Waals surface area contributed by atoms with Crippen molar-refractivity contribution >= 4 is 27.7 Å². The van der Waals surface area contributed by atoms with Crippen molar-refractivity contribution in [2.45, 2.75) is 50.0 Å². The third kappa shape index (κ3) is 4.63. The number of rotatable bonds is 7. The highest BCUT2D eigenvalue weighted by atomic mass is 32.2. The fourth-order valence-corrected chi connectivity index (χ4v) is 6.14. The van der Waals surface area contributed by atoms with Crippen molar-refractivity contribution in [3.63, 3.8) is 0 Å². The van der Waals surface area contributed by atoms with Crippen LogP contribution in [-0.2, 0) is 31.0 Å². The molecule has 0 bridgehead atoms. The van der Waals surface area contributed by atoms with Gasteiger partial charge >= 0.3 is 0 Å². The number of carbonyl (C=O) groups is 3. The Morgan fingerprint density at radius 1 is 0.938 bits per heavy atom. The molecule has 8 nitrogen and oxygen atoms in total. The standard InChI is InChI=1S/C23H29N3O5S/c27-21(12-15-26-22(28)19-6-2-3-7-20(19)23(26)29)24-16-17-8-10-18(11-9-17)32(30,31)25-13-4-1-5-14-25/h2-3,8-11,19-20H,1,4-7,12-16H2,(H,24,27). The Kier molecular flexibility index (Phi) is 6.76. The van der Waals surface area contributed by atoms with E-state index in [9.17, 15) is 22.8 Å². The molecule has 0 radical (unpaired) electrons. The van der Waals surface area contributed by atoms with Gasteiger partial charge in [-0.05, 0) is 43.4 Å². The monoisotopic (exact) mass is 459 g/mol. The highest BCUT2D eigenvalue weighted by Gasteiger charge is 2.46. The maximum atomic E-state index is 12.7. The number of nitrogens with one attached hydrogen (secondary N) is 1. The van der Waals surface area contributed by atoms with Crippen LogP contribution in [0, 0.1) is 11.8 Å². The predicted octanol–water partition coefficient (Wildman–Crippen LogP) is 1.82. The molecule has 32 heavy (non-hydrogen) atoms. The first-order valence-corrected chi connectivity index (χ1v) is 12.7. The molecule has 0 spiro atoms. The normalized spacial score (nSPS) is 23.9. The van der Waals surface area contributed by atoms with Crippen molar-refractivity contribution in [1.29, 1.82) is 0 Å². The van der Waals surface area contributed by atoms with E-state index in [0.717, 1.165) is 24.8 Å². The topological polar surface area (TPSA) is 104 Å². The number of hydrogen-bond donors (Lipinski definition) is 1. The Bertz CT molecular complexity index is 987. The molecule has 172 valence electrons. The molecule has 2 unspecified atom stereocenters. The van der Waals surface area contributed by atoms with Gasteiger partial charge in [0.05, 0.1) is 16.7 Å². The quantitative estimate of drug-likeness (QED) is 0.495. The number of imide groups is 1. The van der Waals surface area contributed by atoms with Crippen molar-refractivity contribution in [3.05, 3.63) is 42.0 Å². The first-order valence-electron chi connectivity index (χ1n) is 11.2. The van der Waals surface area contributed by atoms with Gasteiger partial charge in [-0.25, -0.2) is 8.42 Å². The van der Waals surface area contributed by atoms with Crippen LogP contribution < -0.4 is 5.32 Å². The number of sulfonamides is 1. The number of carbonyl (C=O) groups excluding carboxylic acids is 3. The van der Waals surface area contributed by atoms with Gasteiger partial charge in [0.25, 0.3) is 0 Å². The second kappa shape index (κ2) is 9.54. The third-order valence-electron chi connectivity index (χ3n) is 6.53. The Labute approximate surface area is 188 Å². The van der Waals surface area contributed by atoms with Gasteiger partial charge in [0, 0.05) is 32.6 Å². The molecule has 2 aliphatic heterocycles. The lowest BCUT2D eigenvalue weighted by Crippen LogP contribution is -2.35. The Morgan fingerprint density at radius 2 is 1.53 bits per heavy atom. The second-order valence-corrected chi connectivity index (χ2v) is 10.6. The number of piperidine rings is 1. The van der Waals surface area contributed by atoms with E-state index in [1.165, 1.54) is 9.21 Å². The minimum atomic E-state index is -3.48. The molecule has 3 amide bonds. The summed E-state index contributed by atoms with van der Waals surface area (Å²) in [4.78, 5) is 38.7. The average molecular weight is 460 g/mol. The van der Waals surface area contributed by atoms with Crippen molar-refractivity contribution in [1.82, 2.24) is 14.5 Å². The van der Waals surface area contributed by atoms with Gasteiger partial charge in [-0.1, -0.05) is 30.7 Å². The molecule has 2 heterocycles. The highest BCUT2D eigenvalue weighted by molar-refractivity contribution is 7.89. The SMILES string of the molecule is O=C(CCN1C(=O)C2CC=CCC2C1=O)NCc1ccc(S(=O)(=O)N2CCCCC2)cc1. The molecular formula is C23H29N3O5S. The lowest BCUT2D eigenvalue weighted by Gasteiger charge is -2.25. The molecule has 1 aromatic carbocycles. The van der Waals surface area contributed by atoms with E-state index in [1.54, 1.807) is 24.3 Å². The Balaban J connectivity index is 1.26. The summed E-state index contributed by atoms with van der Waals surface area (Å²) in [5, 5.41) is 2.78. The van der Waals surface area contributed by atoms with Crippen LogP contribution in [0.5, 0.6) is 0 Å². The van der Waals surface area contributed by atoms with Crippen molar-refractivity contribution in [3.8, 4) is 0 Å². The second-order valence-electron chi connectivity index (χ2n) is 8.62. The van der Waals surface area contributed by atoms with E-state index < -0.39 is 10.0 Å². The van der Waals surface area contributed by atoms with Crippen LogP contribution in [-0.4, -0.2) is 55.0 Å². The number of amides is 3. The Morgan fingerprint density at radius 3 is 2.12 bits per heavy atom. The summed E-state index contributed by atoms with van der Waals surface area (Å²) < 4.78 is 27.0. The lowest BCUT2D eigenvalue weighted by atomic mass is 9.85. The molecule has 1 aliphatic carbocycles. The summed E-state index contributed by atoms with van der Waals surface area (Å²) in [6.07, 6.45) is 7.92. The van der Waals surface area contributed by atoms with Crippen LogP contribution in [0.4, 0.5) is 0 Å². The predicted molar refractivity (Wildman–Crippen MR) is 118 cm³/mol. The third-order valence-corrected chi connectivity index (χ3v) is 8.44. The van der Waals surface area contributed by atoms with Gasteiger partial charge < -0.3 is 5.32 Å². The van der Waals surface area contributed by atoms with E-state index in [0.29, 0.717) is 25.9 Å². The first kappa shape index (κ1) is 22.7. The van der Waals surface area contributed by atoms with Crippen LogP contribution in [0.1, 0.15) is 44.1 Å². The number of likely N-dealkylation sites (tertiary alicyclic amines) is 1. The van der Waals surface area contributed by atoms with Crippen LogP contribution in [0.2, 0.25) is 0 Å². The van der Waals surface area contributed by atoms with Gasteiger partial charge in [0.15, 0.2) is 0 Å². The summed E-state index contributed by atoms with van der Waals surface area (Å²) >= 11 is 0. The van der Waals surface area contributed by atoms with Gasteiger partial charge in [0.1, 0.15) is 0 Å². The lowest BCUT2D eigenvalue weighted by molar-refractivity contribution is -0.140. The average Bonchev–Trinajstić information content (AvgIpc) is 3.07. The molecule has 1 N–H and O–H groups in total. The number of benzene rings is 1. The zero-order valence-corrected chi connectivity index (χ0v) is 18.9. The highest BCUT2D eigenvalue weighted by Crippen LogP contribution is 2.35. The van der Waals surface area contributed by atoms with Crippen LogP contribution in [0.15, 0.2) is 41.3 Å². The molecular weight excluding hydrogens is 430 g/mol. The summed E-state index contributed by atoms with van der Waals surface area (Å²) in [7, 11) is -3.48. The number of fused-ring (bicyclic) bond motifs is 1. The van der Waals surface area contributed by atoms with Crippen molar-refractivity contribution in [2.24, 2.45) is 11.8 Å². The van der Waals surface area contributed by atoms with Crippen LogP contribution in [0.25, 0.3) is 0 Å². The maximum Gasteiger partial charge on any atom is 0.243 e. The van der Waals surface area contributed by atoms with Crippen LogP contribution >= 0.6 is 0 Å². The van der Waals surface area contributed by atoms with Crippen molar-refractivity contribution in [2.75, 3.05) is 19.6 Å². The largest absolute Gasteiger partial charge is 0.352 e. The van der Waals surface area contributed by atoms with Gasteiger partial charge in [0.2, 0.25) is 27.7 Å². The molecule has 1 aromatic rings. The molecule has 4 rings (SSSR count). The van der Waals surface area contributed by atoms with E-state index >= 15 is 0 Å². The summed E-state index contributed by atoms with van der Waals surface area (Å²) in [5.41, 5.74) is 0.779. The molecule has 0 saturated carbocycles. The summed E-state index contributed by atoms with van der Waals surface area (Å²) in [6, 6.07) is 6.54. The maximum absolute atomic E-state index is 12.7. The Hall–Kier alpha value is -2.52. The molecule has 9 heteroatoms. The van der Waals surface area contributed by atoms with Gasteiger partial charge in [-0.3, -0.25) is 19.3 Å². The van der Waals surface area contributed by atoms with E-state index in [4.69, 9.17) is 0 Å². The zero-order chi connectivity index (χ0) is 22.7. The zero-order valence-electron chi connectivity index (χ0n) is 18.0. The van der Waals surface area contributed by atoms with E-state index in [1.807, 2.05) is 12.2 Å². The molecule has 2 saturated heterocycles. The smallest absolute Gasteiger partial charge is 0.243 e. The van der Waals surface area contributed by atoms with Crippen molar-refractivity contribution < 1.29 is 22.8 Å². The van der Waals surface area contributed by atoms with Gasteiger partial charge in [-0.2, -0.15) is 4.31 Å². The fourth-order valence-electron chi connectivity index (χ4n) is 4.63. The summed E-state index contributed by atoms with van der Waals surface area (Å²) in [5.74, 6) is -1.18. The fraction of sp³-hybridized carbons (Fsp3) is 0.522. The molecule has 2 fully saturated rings. The molecule has 3 aliphatic rings. The molecule has 0 aromatic heterocycles. The van der Waals surface area contributed by atoms with Crippen LogP contribution in [0.3, 0.4) is 0 Å². The number of allylic oxidation sites excluding steroid dienone is 2. The van der Waals surface area contributed by atoms with E-state index in [-0.39, 0.29) is 54.0 Å². The number of hydrogen-bond acceptors (Lipinski definition) is 5. The number of nitrogens with zero attached hydrogens (tertiary/aromatic N) is 2. The van der Waals surface area contributed by atoms with E-state index in [2.05, 4.69) is 5.32 Å². The van der Waals surface area contributed by atoms with Gasteiger partial charge in [-0.15, -0.1) is 0 Å². The first-order chi connectivity index (χ1) is 15.4. The molecule has 2 atom stereocenters.